The lowest BCUT2D eigenvalue weighted by Crippen LogP contribution is -2.10. The molecule has 0 spiro atoms. The third kappa shape index (κ3) is 2.61. The fraction of sp³-hybridized carbons (Fsp3) is 0.267. The van der Waals surface area contributed by atoms with Crippen LogP contribution in [-0.4, -0.2) is 34.0 Å². The molecule has 0 fully saturated rings. The number of hydrogen-bond donors (Lipinski definition) is 1. The van der Waals surface area contributed by atoms with Gasteiger partial charge in [-0.15, -0.1) is 0 Å². The first-order valence-electron chi connectivity index (χ1n) is 6.65. The summed E-state index contributed by atoms with van der Waals surface area (Å²) in [6.45, 7) is 0. The van der Waals surface area contributed by atoms with Gasteiger partial charge in [0.1, 0.15) is 11.6 Å². The minimum Gasteiger partial charge on any atom is -0.363 e. The molecule has 3 aromatic rings. The highest BCUT2D eigenvalue weighted by atomic mass is 15.1. The van der Waals surface area contributed by atoms with Crippen molar-refractivity contribution in [3.8, 4) is 0 Å². The second-order valence-corrected chi connectivity index (χ2v) is 4.94. The molecular formula is C15H17N5. The summed E-state index contributed by atoms with van der Waals surface area (Å²) >= 11 is 0. The standard InChI is InChI=1S/C15H17N5/c1-20(2)14-9-7-12-15(19-14)18-13(17-12)8-6-11-5-3-4-10-16-11/h3-5,7,9-10H,6,8H2,1-2H3,(H,17,18,19). The number of nitrogens with one attached hydrogen (secondary N) is 1. The molecule has 0 amide bonds. The molecule has 0 saturated heterocycles. The summed E-state index contributed by atoms with van der Waals surface area (Å²) in [6.07, 6.45) is 3.53. The van der Waals surface area contributed by atoms with Crippen LogP contribution in [-0.2, 0) is 12.8 Å². The molecule has 20 heavy (non-hydrogen) atoms. The van der Waals surface area contributed by atoms with Crippen LogP contribution in [0.3, 0.4) is 0 Å². The van der Waals surface area contributed by atoms with Crippen molar-refractivity contribution in [2.24, 2.45) is 0 Å². The van der Waals surface area contributed by atoms with Gasteiger partial charge < -0.3 is 9.88 Å². The molecule has 0 aromatic carbocycles. The maximum atomic E-state index is 4.55. The molecule has 0 atom stereocenters. The summed E-state index contributed by atoms with van der Waals surface area (Å²) in [5.41, 5.74) is 2.83. The lowest BCUT2D eigenvalue weighted by atomic mass is 10.2. The molecule has 3 aromatic heterocycles. The Morgan fingerprint density at radius 2 is 1.95 bits per heavy atom. The number of aromatic amines is 1. The summed E-state index contributed by atoms with van der Waals surface area (Å²) in [6, 6.07) is 9.98. The lowest BCUT2D eigenvalue weighted by molar-refractivity contribution is 0.860. The van der Waals surface area contributed by atoms with Crippen molar-refractivity contribution in [3.63, 3.8) is 0 Å². The molecule has 5 heteroatoms. The predicted octanol–water partition coefficient (Wildman–Crippen LogP) is 2.20. The van der Waals surface area contributed by atoms with Crippen molar-refractivity contribution in [1.29, 1.82) is 0 Å². The van der Waals surface area contributed by atoms with Crippen LogP contribution in [0, 0.1) is 0 Å². The Labute approximate surface area is 117 Å². The molecule has 0 radical (unpaired) electrons. The SMILES string of the molecule is CN(C)c1ccc2[nH]c(CCc3ccccn3)nc2n1. The van der Waals surface area contributed by atoms with Crippen molar-refractivity contribution in [2.75, 3.05) is 19.0 Å². The number of pyridine rings is 2. The normalized spacial score (nSPS) is 10.9. The Hall–Kier alpha value is -2.43. The van der Waals surface area contributed by atoms with Gasteiger partial charge in [0, 0.05) is 32.4 Å². The van der Waals surface area contributed by atoms with Crippen LogP contribution in [0.15, 0.2) is 36.5 Å². The zero-order valence-electron chi connectivity index (χ0n) is 11.7. The molecule has 0 aliphatic heterocycles. The highest BCUT2D eigenvalue weighted by Gasteiger charge is 2.06. The van der Waals surface area contributed by atoms with E-state index >= 15 is 0 Å². The maximum absolute atomic E-state index is 4.55. The summed E-state index contributed by atoms with van der Waals surface area (Å²) < 4.78 is 0. The van der Waals surface area contributed by atoms with Gasteiger partial charge in [-0.2, -0.15) is 0 Å². The molecule has 5 nitrogen and oxygen atoms in total. The van der Waals surface area contributed by atoms with Gasteiger partial charge in [0.25, 0.3) is 0 Å². The Morgan fingerprint density at radius 3 is 2.70 bits per heavy atom. The Kier molecular flexibility index (Phi) is 3.33. The molecule has 0 unspecified atom stereocenters. The lowest BCUT2D eigenvalue weighted by Gasteiger charge is -2.09. The third-order valence-electron chi connectivity index (χ3n) is 3.18. The highest BCUT2D eigenvalue weighted by molar-refractivity contribution is 5.73. The van der Waals surface area contributed by atoms with E-state index < -0.39 is 0 Å². The summed E-state index contributed by atoms with van der Waals surface area (Å²) in [5, 5.41) is 0. The van der Waals surface area contributed by atoms with Gasteiger partial charge in [-0.05, 0) is 30.7 Å². The number of anilines is 1. The largest absolute Gasteiger partial charge is 0.363 e. The van der Waals surface area contributed by atoms with Crippen LogP contribution in [0.1, 0.15) is 11.5 Å². The number of imidazole rings is 1. The summed E-state index contributed by atoms with van der Waals surface area (Å²) in [7, 11) is 3.95. The number of aryl methyl sites for hydroxylation is 2. The van der Waals surface area contributed by atoms with Gasteiger partial charge in [-0.3, -0.25) is 4.98 Å². The molecule has 1 N–H and O–H groups in total. The summed E-state index contributed by atoms with van der Waals surface area (Å²) in [5.74, 6) is 1.87. The van der Waals surface area contributed by atoms with Crippen LogP contribution in [0.5, 0.6) is 0 Å². The van der Waals surface area contributed by atoms with Crippen molar-refractivity contribution >= 4 is 17.0 Å². The highest BCUT2D eigenvalue weighted by Crippen LogP contribution is 2.15. The van der Waals surface area contributed by atoms with Gasteiger partial charge in [-0.25, -0.2) is 9.97 Å². The Bertz CT molecular complexity index is 703. The molecule has 102 valence electrons. The van der Waals surface area contributed by atoms with E-state index in [0.717, 1.165) is 41.3 Å². The molecule has 3 heterocycles. The number of nitrogens with zero attached hydrogens (tertiary/aromatic N) is 4. The smallest absolute Gasteiger partial charge is 0.179 e. The first-order valence-corrected chi connectivity index (χ1v) is 6.65. The van der Waals surface area contributed by atoms with Gasteiger partial charge in [-0.1, -0.05) is 6.07 Å². The number of aromatic nitrogens is 4. The number of fused-ring (bicyclic) bond motifs is 1. The fourth-order valence-electron chi connectivity index (χ4n) is 2.09. The number of rotatable bonds is 4. The van der Waals surface area contributed by atoms with Crippen LogP contribution >= 0.6 is 0 Å². The topological polar surface area (TPSA) is 57.7 Å². The van der Waals surface area contributed by atoms with E-state index in [1.807, 2.05) is 55.5 Å². The first kappa shape index (κ1) is 12.6. The minimum atomic E-state index is 0.771. The molecule has 0 aliphatic rings. The quantitative estimate of drug-likeness (QED) is 0.787. The second-order valence-electron chi connectivity index (χ2n) is 4.94. The number of hydrogen-bond acceptors (Lipinski definition) is 4. The Morgan fingerprint density at radius 1 is 1.05 bits per heavy atom. The van der Waals surface area contributed by atoms with Gasteiger partial charge in [0.15, 0.2) is 5.65 Å². The van der Waals surface area contributed by atoms with Crippen molar-refractivity contribution in [2.45, 2.75) is 12.8 Å². The average Bonchev–Trinajstić information content (AvgIpc) is 2.88. The van der Waals surface area contributed by atoms with E-state index in [0.29, 0.717) is 0 Å². The molecule has 0 aliphatic carbocycles. The zero-order chi connectivity index (χ0) is 13.9. The van der Waals surface area contributed by atoms with Crippen LogP contribution < -0.4 is 4.90 Å². The van der Waals surface area contributed by atoms with E-state index in [1.165, 1.54) is 0 Å². The van der Waals surface area contributed by atoms with Crippen molar-refractivity contribution in [3.05, 3.63) is 48.0 Å². The molecule has 3 rings (SSSR count). The zero-order valence-corrected chi connectivity index (χ0v) is 11.7. The van der Waals surface area contributed by atoms with Gasteiger partial charge in [0.2, 0.25) is 0 Å². The van der Waals surface area contributed by atoms with Gasteiger partial charge >= 0.3 is 0 Å². The minimum absolute atomic E-state index is 0.771. The second kappa shape index (κ2) is 5.28. The van der Waals surface area contributed by atoms with E-state index in [-0.39, 0.29) is 0 Å². The average molecular weight is 267 g/mol. The maximum Gasteiger partial charge on any atom is 0.179 e. The van der Waals surface area contributed by atoms with E-state index in [4.69, 9.17) is 0 Å². The third-order valence-corrected chi connectivity index (χ3v) is 3.18. The van der Waals surface area contributed by atoms with Gasteiger partial charge in [0.05, 0.1) is 5.52 Å². The van der Waals surface area contributed by atoms with E-state index in [2.05, 4.69) is 19.9 Å². The fourth-order valence-corrected chi connectivity index (χ4v) is 2.09. The van der Waals surface area contributed by atoms with E-state index in [9.17, 15) is 0 Å². The monoisotopic (exact) mass is 267 g/mol. The number of H-pyrrole nitrogens is 1. The van der Waals surface area contributed by atoms with Crippen LogP contribution in [0.4, 0.5) is 5.82 Å². The molecular weight excluding hydrogens is 250 g/mol. The van der Waals surface area contributed by atoms with Crippen molar-refractivity contribution in [1.82, 2.24) is 19.9 Å². The van der Waals surface area contributed by atoms with Crippen LogP contribution in [0.25, 0.3) is 11.2 Å². The predicted molar refractivity (Wildman–Crippen MR) is 79.9 cm³/mol. The summed E-state index contributed by atoms with van der Waals surface area (Å²) in [4.78, 5) is 18.7. The molecule has 0 bridgehead atoms. The van der Waals surface area contributed by atoms with Crippen molar-refractivity contribution < 1.29 is 0 Å². The van der Waals surface area contributed by atoms with E-state index in [1.54, 1.807) is 0 Å². The Balaban J connectivity index is 1.79. The molecule has 0 saturated carbocycles. The van der Waals surface area contributed by atoms with Crippen LogP contribution in [0.2, 0.25) is 0 Å². The first-order chi connectivity index (χ1) is 9.72.